The van der Waals surface area contributed by atoms with Crippen LogP contribution in [0, 0.1) is 0 Å². The maximum Gasteiger partial charge on any atom is 0.264 e. The summed E-state index contributed by atoms with van der Waals surface area (Å²) in [5.41, 5.74) is 3.65. The van der Waals surface area contributed by atoms with Crippen LogP contribution in [0.2, 0.25) is 0 Å². The Hall–Kier alpha value is -3.80. The van der Waals surface area contributed by atoms with Crippen molar-refractivity contribution in [2.24, 2.45) is 0 Å². The zero-order valence-electron chi connectivity index (χ0n) is 17.7. The molecular weight excluding hydrogens is 406 g/mol. The SMILES string of the molecule is CC(=O)c1ccccc1-c1ccc2c(c1)C[C@H](CNC(=O)[C@H]1COc3ccccc3O1)O2. The molecule has 1 amide bonds. The fourth-order valence-electron chi connectivity index (χ4n) is 4.12. The van der Waals surface area contributed by atoms with E-state index in [0.29, 0.717) is 30.0 Å². The Morgan fingerprint density at radius 2 is 1.72 bits per heavy atom. The molecule has 0 unspecified atom stereocenters. The van der Waals surface area contributed by atoms with Gasteiger partial charge < -0.3 is 19.5 Å². The molecule has 0 saturated heterocycles. The highest BCUT2D eigenvalue weighted by Crippen LogP contribution is 2.34. The number of hydrogen-bond donors (Lipinski definition) is 1. The van der Waals surface area contributed by atoms with Gasteiger partial charge in [-0.2, -0.15) is 0 Å². The van der Waals surface area contributed by atoms with E-state index in [4.69, 9.17) is 14.2 Å². The van der Waals surface area contributed by atoms with Crippen molar-refractivity contribution in [2.45, 2.75) is 25.6 Å². The molecule has 5 rings (SSSR count). The average molecular weight is 429 g/mol. The lowest BCUT2D eigenvalue weighted by Crippen LogP contribution is -2.46. The number of Topliss-reactive ketones (excluding diaryl/α,β-unsaturated/α-hetero) is 1. The van der Waals surface area contributed by atoms with Crippen molar-refractivity contribution in [3.05, 3.63) is 77.9 Å². The largest absolute Gasteiger partial charge is 0.488 e. The highest BCUT2D eigenvalue weighted by atomic mass is 16.6. The lowest BCUT2D eigenvalue weighted by molar-refractivity contribution is -0.130. The van der Waals surface area contributed by atoms with Crippen molar-refractivity contribution in [1.29, 1.82) is 0 Å². The minimum atomic E-state index is -0.691. The summed E-state index contributed by atoms with van der Waals surface area (Å²) in [6.07, 6.45) is -0.177. The van der Waals surface area contributed by atoms with E-state index >= 15 is 0 Å². The number of carbonyl (C=O) groups is 2. The quantitative estimate of drug-likeness (QED) is 0.625. The fraction of sp³-hybridized carbons (Fsp3) is 0.231. The smallest absolute Gasteiger partial charge is 0.264 e. The van der Waals surface area contributed by atoms with Crippen LogP contribution in [0.3, 0.4) is 0 Å². The molecule has 0 saturated carbocycles. The first-order valence-corrected chi connectivity index (χ1v) is 10.6. The second-order valence-corrected chi connectivity index (χ2v) is 7.98. The van der Waals surface area contributed by atoms with Crippen molar-refractivity contribution in [2.75, 3.05) is 13.2 Å². The monoisotopic (exact) mass is 429 g/mol. The molecule has 32 heavy (non-hydrogen) atoms. The molecule has 0 spiro atoms. The molecule has 0 bridgehead atoms. The molecule has 2 heterocycles. The second-order valence-electron chi connectivity index (χ2n) is 7.98. The lowest BCUT2D eigenvalue weighted by atomic mass is 9.95. The molecular formula is C26H23NO5. The maximum absolute atomic E-state index is 12.6. The van der Waals surface area contributed by atoms with Crippen LogP contribution in [0.15, 0.2) is 66.7 Å². The molecule has 162 valence electrons. The van der Waals surface area contributed by atoms with Crippen molar-refractivity contribution >= 4 is 11.7 Å². The first-order chi connectivity index (χ1) is 15.6. The van der Waals surface area contributed by atoms with Crippen LogP contribution < -0.4 is 19.5 Å². The zero-order valence-corrected chi connectivity index (χ0v) is 17.7. The molecule has 0 fully saturated rings. The highest BCUT2D eigenvalue weighted by Gasteiger charge is 2.29. The second kappa shape index (κ2) is 8.38. The molecule has 0 radical (unpaired) electrons. The van der Waals surface area contributed by atoms with Gasteiger partial charge in [0.15, 0.2) is 17.3 Å². The summed E-state index contributed by atoms with van der Waals surface area (Å²) in [6, 6.07) is 20.9. The number of fused-ring (bicyclic) bond motifs is 2. The first-order valence-electron chi connectivity index (χ1n) is 10.6. The third kappa shape index (κ3) is 3.91. The Labute approximate surface area is 186 Å². The Kier molecular flexibility index (Phi) is 5.27. The average Bonchev–Trinajstić information content (AvgIpc) is 3.24. The van der Waals surface area contributed by atoms with Gasteiger partial charge >= 0.3 is 0 Å². The minimum Gasteiger partial charge on any atom is -0.488 e. The Morgan fingerprint density at radius 3 is 2.56 bits per heavy atom. The summed E-state index contributed by atoms with van der Waals surface area (Å²) in [7, 11) is 0. The molecule has 3 aromatic carbocycles. The van der Waals surface area contributed by atoms with Gasteiger partial charge in [0.2, 0.25) is 6.10 Å². The van der Waals surface area contributed by atoms with Crippen LogP contribution in [-0.2, 0) is 11.2 Å². The van der Waals surface area contributed by atoms with Gasteiger partial charge in [0.25, 0.3) is 5.91 Å². The van der Waals surface area contributed by atoms with Crippen LogP contribution >= 0.6 is 0 Å². The van der Waals surface area contributed by atoms with E-state index in [0.717, 1.165) is 22.4 Å². The third-order valence-corrected chi connectivity index (χ3v) is 5.72. The lowest BCUT2D eigenvalue weighted by Gasteiger charge is -2.25. The van der Waals surface area contributed by atoms with E-state index in [1.807, 2.05) is 54.6 Å². The highest BCUT2D eigenvalue weighted by molar-refractivity contribution is 6.00. The topological polar surface area (TPSA) is 73.9 Å². The van der Waals surface area contributed by atoms with Gasteiger partial charge in [0.1, 0.15) is 18.5 Å². The Morgan fingerprint density at radius 1 is 0.938 bits per heavy atom. The van der Waals surface area contributed by atoms with E-state index < -0.39 is 6.10 Å². The normalized spacial score (nSPS) is 18.4. The number of carbonyl (C=O) groups excluding carboxylic acids is 2. The van der Waals surface area contributed by atoms with Crippen molar-refractivity contribution in [1.82, 2.24) is 5.32 Å². The van der Waals surface area contributed by atoms with Gasteiger partial charge in [0.05, 0.1) is 6.54 Å². The number of ether oxygens (including phenoxy) is 3. The summed E-state index contributed by atoms with van der Waals surface area (Å²) < 4.78 is 17.4. The van der Waals surface area contributed by atoms with Crippen LogP contribution in [0.1, 0.15) is 22.8 Å². The number of nitrogens with one attached hydrogen (secondary N) is 1. The summed E-state index contributed by atoms with van der Waals surface area (Å²) in [6.45, 7) is 2.12. The third-order valence-electron chi connectivity index (χ3n) is 5.72. The summed E-state index contributed by atoms with van der Waals surface area (Å²) >= 11 is 0. The minimum absolute atomic E-state index is 0.0365. The van der Waals surface area contributed by atoms with Gasteiger partial charge in [0, 0.05) is 12.0 Å². The molecule has 0 aromatic heterocycles. The molecule has 6 nitrogen and oxygen atoms in total. The van der Waals surface area contributed by atoms with E-state index in [1.54, 1.807) is 13.0 Å². The molecule has 1 N–H and O–H groups in total. The standard InChI is InChI=1S/C26H23NO5/c1-16(28)20-6-2-3-7-21(20)17-10-11-22-18(12-17)13-19(31-22)14-27-26(29)25-15-30-23-8-4-5-9-24(23)32-25/h2-12,19,25H,13-15H2,1H3,(H,27,29)/t19-,25-/m1/s1. The van der Waals surface area contributed by atoms with Gasteiger partial charge in [-0.1, -0.05) is 42.5 Å². The Bertz CT molecular complexity index is 1190. The molecule has 6 heteroatoms. The van der Waals surface area contributed by atoms with Crippen LogP contribution in [-0.4, -0.2) is 37.0 Å². The predicted molar refractivity (Wildman–Crippen MR) is 119 cm³/mol. The number of hydrogen-bond acceptors (Lipinski definition) is 5. The van der Waals surface area contributed by atoms with Crippen molar-refractivity contribution in [3.63, 3.8) is 0 Å². The number of ketones is 1. The fourth-order valence-corrected chi connectivity index (χ4v) is 4.12. The molecule has 0 aliphatic carbocycles. The van der Waals surface area contributed by atoms with E-state index in [9.17, 15) is 9.59 Å². The van der Waals surface area contributed by atoms with Gasteiger partial charge in [-0.25, -0.2) is 0 Å². The Balaban J connectivity index is 1.22. The van der Waals surface area contributed by atoms with Crippen molar-refractivity contribution in [3.8, 4) is 28.4 Å². The van der Waals surface area contributed by atoms with Gasteiger partial charge in [-0.15, -0.1) is 0 Å². The van der Waals surface area contributed by atoms with E-state index in [2.05, 4.69) is 11.4 Å². The van der Waals surface area contributed by atoms with Crippen LogP contribution in [0.5, 0.6) is 17.2 Å². The maximum atomic E-state index is 12.6. The van der Waals surface area contributed by atoms with Gasteiger partial charge in [-0.3, -0.25) is 9.59 Å². The summed E-state index contributed by atoms with van der Waals surface area (Å²) in [4.78, 5) is 24.6. The van der Waals surface area contributed by atoms with Crippen LogP contribution in [0.25, 0.3) is 11.1 Å². The predicted octanol–water partition coefficient (Wildman–Crippen LogP) is 3.82. The number of amides is 1. The van der Waals surface area contributed by atoms with E-state index in [1.165, 1.54) is 0 Å². The molecule has 3 aromatic rings. The molecule has 2 aliphatic heterocycles. The van der Waals surface area contributed by atoms with Crippen LogP contribution in [0.4, 0.5) is 0 Å². The molecule has 2 aliphatic rings. The molecule has 2 atom stereocenters. The van der Waals surface area contributed by atoms with E-state index in [-0.39, 0.29) is 24.4 Å². The summed E-state index contributed by atoms with van der Waals surface area (Å²) in [5, 5.41) is 2.92. The number of rotatable bonds is 5. The summed E-state index contributed by atoms with van der Waals surface area (Å²) in [5.74, 6) is 1.83. The number of para-hydroxylation sites is 2. The first kappa shape index (κ1) is 20.1. The van der Waals surface area contributed by atoms with Crippen molar-refractivity contribution < 1.29 is 23.8 Å². The number of benzene rings is 3. The zero-order chi connectivity index (χ0) is 22.1. The van der Waals surface area contributed by atoms with Gasteiger partial charge in [-0.05, 0) is 47.9 Å².